The van der Waals surface area contributed by atoms with Crippen LogP contribution in [-0.4, -0.2) is 62.0 Å². The number of hydrogen-bond donors (Lipinski definition) is 1. The van der Waals surface area contributed by atoms with Crippen molar-refractivity contribution in [3.05, 3.63) is 40.4 Å². The van der Waals surface area contributed by atoms with Gasteiger partial charge < -0.3 is 15.1 Å². The van der Waals surface area contributed by atoms with Gasteiger partial charge in [-0.2, -0.15) is 0 Å². The van der Waals surface area contributed by atoms with Crippen LogP contribution in [0.4, 0.5) is 0 Å². The fraction of sp³-hybridized carbons (Fsp3) is 0.500. The van der Waals surface area contributed by atoms with Crippen molar-refractivity contribution in [2.75, 3.05) is 46.3 Å². The van der Waals surface area contributed by atoms with Gasteiger partial charge in [0.05, 0.1) is 0 Å². The fourth-order valence-electron chi connectivity index (χ4n) is 2.53. The van der Waals surface area contributed by atoms with Crippen molar-refractivity contribution in [2.24, 2.45) is 0 Å². The summed E-state index contributed by atoms with van der Waals surface area (Å²) < 4.78 is 0. The highest BCUT2D eigenvalue weighted by Crippen LogP contribution is 2.17. The molecule has 0 bridgehead atoms. The average molecular weight is 336 g/mol. The number of carbonyl (C=O) groups excluding carboxylic acids is 1. The second kappa shape index (κ2) is 9.06. The van der Waals surface area contributed by atoms with E-state index in [9.17, 15) is 4.79 Å². The van der Waals surface area contributed by atoms with Crippen LogP contribution in [0.2, 0.25) is 5.02 Å². The first-order valence-corrected chi connectivity index (χ1v) is 8.55. The summed E-state index contributed by atoms with van der Waals surface area (Å²) in [7, 11) is 2.16. The van der Waals surface area contributed by atoms with Crippen LogP contribution in [0.1, 0.15) is 17.5 Å². The van der Waals surface area contributed by atoms with Crippen molar-refractivity contribution in [1.29, 1.82) is 0 Å². The maximum atomic E-state index is 11.8. The molecular formula is C18H26ClN3O. The summed E-state index contributed by atoms with van der Waals surface area (Å²) >= 11 is 6.07. The Hall–Kier alpha value is -1.36. The molecule has 0 spiro atoms. The van der Waals surface area contributed by atoms with Crippen LogP contribution >= 0.6 is 11.6 Å². The number of halogens is 1. The first-order valence-electron chi connectivity index (χ1n) is 8.17. The number of amides is 1. The van der Waals surface area contributed by atoms with Crippen LogP contribution in [0.15, 0.2) is 24.3 Å². The largest absolute Gasteiger partial charge is 0.353 e. The number of piperazine rings is 1. The molecule has 1 fully saturated rings. The van der Waals surface area contributed by atoms with E-state index in [1.54, 1.807) is 12.2 Å². The Bertz CT molecular complexity index is 551. The third-order valence-electron chi connectivity index (χ3n) is 4.17. The van der Waals surface area contributed by atoms with Crippen LogP contribution in [-0.2, 0) is 4.79 Å². The van der Waals surface area contributed by atoms with Crippen LogP contribution < -0.4 is 5.32 Å². The zero-order chi connectivity index (χ0) is 16.7. The van der Waals surface area contributed by atoms with Gasteiger partial charge >= 0.3 is 0 Å². The lowest BCUT2D eigenvalue weighted by Crippen LogP contribution is -2.45. The van der Waals surface area contributed by atoms with E-state index in [-0.39, 0.29) is 5.91 Å². The molecular weight excluding hydrogens is 310 g/mol. The Labute approximate surface area is 144 Å². The standard InChI is InChI=1S/C18H26ClN3O/c1-15-4-5-16(14-17(15)19)6-7-18(23)20-8-3-9-22-12-10-21(2)11-13-22/h4-7,14H,3,8-13H2,1-2H3,(H,20,23)/b7-6+. The van der Waals surface area contributed by atoms with Gasteiger partial charge in [-0.15, -0.1) is 0 Å². The number of hydrogen-bond acceptors (Lipinski definition) is 3. The minimum Gasteiger partial charge on any atom is -0.353 e. The number of carbonyl (C=O) groups is 1. The summed E-state index contributed by atoms with van der Waals surface area (Å²) in [5.41, 5.74) is 1.98. The molecule has 1 heterocycles. The number of benzene rings is 1. The van der Waals surface area contributed by atoms with Crippen molar-refractivity contribution in [1.82, 2.24) is 15.1 Å². The molecule has 1 aromatic rings. The van der Waals surface area contributed by atoms with E-state index in [0.29, 0.717) is 6.54 Å². The Balaban J connectivity index is 1.64. The molecule has 1 aliphatic heterocycles. The van der Waals surface area contributed by atoms with Crippen molar-refractivity contribution in [3.8, 4) is 0 Å². The van der Waals surface area contributed by atoms with Gasteiger partial charge in [-0.25, -0.2) is 0 Å². The number of nitrogens with zero attached hydrogens (tertiary/aromatic N) is 2. The van der Waals surface area contributed by atoms with Gasteiger partial charge in [0.1, 0.15) is 0 Å². The van der Waals surface area contributed by atoms with Crippen molar-refractivity contribution in [2.45, 2.75) is 13.3 Å². The van der Waals surface area contributed by atoms with Gasteiger partial charge in [0.15, 0.2) is 0 Å². The highest BCUT2D eigenvalue weighted by Gasteiger charge is 2.12. The van der Waals surface area contributed by atoms with Crippen LogP contribution in [0, 0.1) is 6.92 Å². The third-order valence-corrected chi connectivity index (χ3v) is 4.58. The number of rotatable bonds is 6. The molecule has 126 valence electrons. The van der Waals surface area contributed by atoms with Gasteiger partial charge in [0, 0.05) is 43.8 Å². The maximum absolute atomic E-state index is 11.8. The molecule has 1 aliphatic rings. The molecule has 1 amide bonds. The molecule has 0 radical (unpaired) electrons. The molecule has 5 heteroatoms. The lowest BCUT2D eigenvalue weighted by molar-refractivity contribution is -0.116. The Morgan fingerprint density at radius 3 is 2.74 bits per heavy atom. The van der Waals surface area contributed by atoms with Gasteiger partial charge in [-0.1, -0.05) is 23.7 Å². The van der Waals surface area contributed by atoms with Crippen molar-refractivity contribution in [3.63, 3.8) is 0 Å². The lowest BCUT2D eigenvalue weighted by atomic mass is 10.1. The number of likely N-dealkylation sites (N-methyl/N-ethyl adjacent to an activating group) is 1. The Morgan fingerprint density at radius 1 is 1.30 bits per heavy atom. The summed E-state index contributed by atoms with van der Waals surface area (Å²) in [6, 6.07) is 5.78. The van der Waals surface area contributed by atoms with Gasteiger partial charge in [-0.3, -0.25) is 4.79 Å². The maximum Gasteiger partial charge on any atom is 0.243 e. The zero-order valence-electron chi connectivity index (χ0n) is 14.0. The molecule has 2 rings (SSSR count). The highest BCUT2D eigenvalue weighted by molar-refractivity contribution is 6.31. The fourth-order valence-corrected chi connectivity index (χ4v) is 2.72. The van der Waals surface area contributed by atoms with E-state index >= 15 is 0 Å². The summed E-state index contributed by atoms with van der Waals surface area (Å²) in [5, 5.41) is 3.65. The molecule has 0 atom stereocenters. The molecule has 4 nitrogen and oxygen atoms in total. The van der Waals surface area contributed by atoms with E-state index in [4.69, 9.17) is 11.6 Å². The topological polar surface area (TPSA) is 35.6 Å². The second-order valence-corrected chi connectivity index (χ2v) is 6.54. The third kappa shape index (κ3) is 6.34. The van der Waals surface area contributed by atoms with Gasteiger partial charge in [0.2, 0.25) is 5.91 Å². The van der Waals surface area contributed by atoms with E-state index in [1.807, 2.05) is 25.1 Å². The Morgan fingerprint density at radius 2 is 2.04 bits per heavy atom. The monoisotopic (exact) mass is 335 g/mol. The molecule has 1 saturated heterocycles. The average Bonchev–Trinajstić information content (AvgIpc) is 2.54. The van der Waals surface area contributed by atoms with E-state index in [1.165, 1.54) is 0 Å². The summed E-state index contributed by atoms with van der Waals surface area (Å²) in [5.74, 6) is -0.0555. The molecule has 1 N–H and O–H groups in total. The van der Waals surface area contributed by atoms with E-state index < -0.39 is 0 Å². The zero-order valence-corrected chi connectivity index (χ0v) is 14.8. The predicted octanol–water partition coefficient (Wildman–Crippen LogP) is 2.42. The lowest BCUT2D eigenvalue weighted by Gasteiger charge is -2.32. The van der Waals surface area contributed by atoms with Gasteiger partial charge in [-0.05, 0) is 50.2 Å². The van der Waals surface area contributed by atoms with Crippen LogP contribution in [0.3, 0.4) is 0 Å². The second-order valence-electron chi connectivity index (χ2n) is 6.13. The van der Waals surface area contributed by atoms with Crippen LogP contribution in [0.5, 0.6) is 0 Å². The minimum absolute atomic E-state index is 0.0555. The first-order chi connectivity index (χ1) is 11.0. The molecule has 0 unspecified atom stereocenters. The molecule has 0 saturated carbocycles. The molecule has 1 aromatic carbocycles. The summed E-state index contributed by atoms with van der Waals surface area (Å²) in [6.07, 6.45) is 4.34. The highest BCUT2D eigenvalue weighted by atomic mass is 35.5. The normalized spacial score (nSPS) is 16.8. The Kier molecular flexibility index (Phi) is 7.09. The van der Waals surface area contributed by atoms with Crippen molar-refractivity contribution < 1.29 is 4.79 Å². The van der Waals surface area contributed by atoms with Crippen molar-refractivity contribution >= 4 is 23.6 Å². The minimum atomic E-state index is -0.0555. The predicted molar refractivity (Wildman–Crippen MR) is 96.8 cm³/mol. The first kappa shape index (κ1) is 18.0. The van der Waals surface area contributed by atoms with Crippen LogP contribution in [0.25, 0.3) is 6.08 Å². The summed E-state index contributed by atoms with van der Waals surface area (Å²) in [4.78, 5) is 16.6. The molecule has 0 aromatic heterocycles. The summed E-state index contributed by atoms with van der Waals surface area (Å²) in [6.45, 7) is 8.23. The smallest absolute Gasteiger partial charge is 0.243 e. The van der Waals surface area contributed by atoms with E-state index in [0.717, 1.165) is 55.3 Å². The SMILES string of the molecule is Cc1ccc(/C=C/C(=O)NCCCN2CCN(C)CC2)cc1Cl. The quantitative estimate of drug-likeness (QED) is 0.640. The van der Waals surface area contributed by atoms with E-state index in [2.05, 4.69) is 22.2 Å². The molecule has 23 heavy (non-hydrogen) atoms. The van der Waals surface area contributed by atoms with Gasteiger partial charge in [0.25, 0.3) is 0 Å². The number of nitrogens with one attached hydrogen (secondary N) is 1. The molecule has 0 aliphatic carbocycles. The number of aryl methyl sites for hydroxylation is 1.